The average Bonchev–Trinajstić information content (AvgIpc) is 2.47. The first-order valence-electron chi connectivity index (χ1n) is 6.14. The van der Waals surface area contributed by atoms with Crippen LogP contribution in [-0.4, -0.2) is 31.9 Å². The minimum absolute atomic E-state index is 0.0514. The fraction of sp³-hybridized carbons (Fsp3) is 0.357. The fourth-order valence-electron chi connectivity index (χ4n) is 1.35. The number of hydrogen-bond donors (Lipinski definition) is 0. The molecule has 0 aromatic heterocycles. The minimum atomic E-state index is -1.13. The van der Waals surface area contributed by atoms with Crippen molar-refractivity contribution in [1.82, 2.24) is 0 Å². The molecule has 6 heteroatoms. The van der Waals surface area contributed by atoms with Gasteiger partial charge in [0.15, 0.2) is 11.5 Å². The fourth-order valence-corrected chi connectivity index (χ4v) is 1.35. The molecule has 1 rings (SSSR count). The lowest BCUT2D eigenvalue weighted by Crippen LogP contribution is -2.23. The van der Waals surface area contributed by atoms with E-state index in [1.54, 1.807) is 0 Å². The Kier molecular flexibility index (Phi) is 6.22. The molecule has 20 heavy (non-hydrogen) atoms. The number of esters is 2. The Morgan fingerprint density at radius 2 is 1.95 bits per heavy atom. The van der Waals surface area contributed by atoms with Crippen LogP contribution < -0.4 is 9.47 Å². The van der Waals surface area contributed by atoms with Crippen molar-refractivity contribution in [3.05, 3.63) is 23.8 Å². The smallest absolute Gasteiger partial charge is 0.422 e. The number of unbranched alkanes of at least 4 members (excludes halogenated alkanes) is 1. The molecule has 0 aliphatic heterocycles. The SMILES string of the molecule is CCCCOC(=O)C(=O)Oc1ccc(C=O)cc1OC. The minimum Gasteiger partial charge on any atom is -0.493 e. The molecule has 0 spiro atoms. The van der Waals surface area contributed by atoms with Gasteiger partial charge in [-0.25, -0.2) is 9.59 Å². The molecule has 0 fully saturated rings. The number of carbonyl (C=O) groups excluding carboxylic acids is 3. The number of carbonyl (C=O) groups is 3. The number of methoxy groups -OCH3 is 1. The van der Waals surface area contributed by atoms with E-state index in [4.69, 9.17) is 14.2 Å². The third-order valence-corrected chi connectivity index (χ3v) is 2.42. The molecular weight excluding hydrogens is 264 g/mol. The van der Waals surface area contributed by atoms with Crippen LogP contribution in [0.1, 0.15) is 30.1 Å². The molecule has 0 atom stereocenters. The van der Waals surface area contributed by atoms with E-state index in [1.807, 2.05) is 6.92 Å². The van der Waals surface area contributed by atoms with Gasteiger partial charge in [0, 0.05) is 5.56 Å². The van der Waals surface area contributed by atoms with Crippen LogP contribution in [-0.2, 0) is 14.3 Å². The van der Waals surface area contributed by atoms with Gasteiger partial charge in [-0.15, -0.1) is 0 Å². The Morgan fingerprint density at radius 1 is 1.20 bits per heavy atom. The summed E-state index contributed by atoms with van der Waals surface area (Å²) in [5, 5.41) is 0. The lowest BCUT2D eigenvalue weighted by Gasteiger charge is -2.09. The molecular formula is C14H16O6. The van der Waals surface area contributed by atoms with Crippen LogP contribution >= 0.6 is 0 Å². The second-order valence-electron chi connectivity index (χ2n) is 3.91. The zero-order valence-corrected chi connectivity index (χ0v) is 11.4. The normalized spacial score (nSPS) is 9.70. The Labute approximate surface area is 116 Å². The highest BCUT2D eigenvalue weighted by molar-refractivity contribution is 6.30. The van der Waals surface area contributed by atoms with E-state index in [2.05, 4.69) is 0 Å². The van der Waals surface area contributed by atoms with Crippen LogP contribution in [0.3, 0.4) is 0 Å². The zero-order valence-electron chi connectivity index (χ0n) is 11.4. The third-order valence-electron chi connectivity index (χ3n) is 2.42. The topological polar surface area (TPSA) is 78.9 Å². The summed E-state index contributed by atoms with van der Waals surface area (Å²) in [6, 6.07) is 4.22. The number of benzene rings is 1. The second-order valence-corrected chi connectivity index (χ2v) is 3.91. The Hall–Kier alpha value is -2.37. The van der Waals surface area contributed by atoms with E-state index >= 15 is 0 Å². The van der Waals surface area contributed by atoms with E-state index in [0.717, 1.165) is 6.42 Å². The van der Waals surface area contributed by atoms with Gasteiger partial charge in [0.2, 0.25) is 0 Å². The van der Waals surface area contributed by atoms with Crippen LogP contribution in [0.4, 0.5) is 0 Å². The van der Waals surface area contributed by atoms with E-state index in [1.165, 1.54) is 25.3 Å². The summed E-state index contributed by atoms with van der Waals surface area (Å²) in [4.78, 5) is 33.5. The lowest BCUT2D eigenvalue weighted by molar-refractivity contribution is -0.162. The highest BCUT2D eigenvalue weighted by atomic mass is 16.6. The number of aldehydes is 1. The first-order valence-corrected chi connectivity index (χ1v) is 6.14. The van der Waals surface area contributed by atoms with Gasteiger partial charge in [-0.3, -0.25) is 4.79 Å². The maximum atomic E-state index is 11.5. The second kappa shape index (κ2) is 7.93. The summed E-state index contributed by atoms with van der Waals surface area (Å²) in [5.74, 6) is -1.95. The maximum absolute atomic E-state index is 11.5. The van der Waals surface area contributed by atoms with Crippen LogP contribution in [0.25, 0.3) is 0 Å². The van der Waals surface area contributed by atoms with Gasteiger partial charge >= 0.3 is 11.9 Å². The van der Waals surface area contributed by atoms with E-state index < -0.39 is 11.9 Å². The summed E-state index contributed by atoms with van der Waals surface area (Å²) in [7, 11) is 1.36. The van der Waals surface area contributed by atoms with Crippen molar-refractivity contribution in [2.75, 3.05) is 13.7 Å². The Balaban J connectivity index is 2.70. The van der Waals surface area contributed by atoms with Crippen molar-refractivity contribution in [2.45, 2.75) is 19.8 Å². The van der Waals surface area contributed by atoms with Gasteiger partial charge in [0.1, 0.15) is 6.29 Å². The molecule has 0 bridgehead atoms. The molecule has 0 heterocycles. The largest absolute Gasteiger partial charge is 0.493 e. The third kappa shape index (κ3) is 4.38. The maximum Gasteiger partial charge on any atom is 0.422 e. The van der Waals surface area contributed by atoms with Gasteiger partial charge in [-0.05, 0) is 24.6 Å². The molecule has 1 aromatic rings. The molecule has 0 aliphatic carbocycles. The molecule has 0 saturated heterocycles. The molecule has 0 radical (unpaired) electrons. The Morgan fingerprint density at radius 3 is 2.55 bits per heavy atom. The Bertz CT molecular complexity index is 494. The molecule has 0 N–H and O–H groups in total. The van der Waals surface area contributed by atoms with Gasteiger partial charge in [-0.1, -0.05) is 13.3 Å². The van der Waals surface area contributed by atoms with Gasteiger partial charge < -0.3 is 14.2 Å². The summed E-state index contributed by atoms with van der Waals surface area (Å²) in [6.45, 7) is 2.11. The lowest BCUT2D eigenvalue weighted by atomic mass is 10.2. The number of rotatable bonds is 6. The van der Waals surface area contributed by atoms with Gasteiger partial charge in [0.25, 0.3) is 0 Å². The average molecular weight is 280 g/mol. The quantitative estimate of drug-likeness (QED) is 0.260. The number of hydrogen-bond acceptors (Lipinski definition) is 6. The van der Waals surface area contributed by atoms with Crippen LogP contribution in [0.5, 0.6) is 11.5 Å². The van der Waals surface area contributed by atoms with Crippen molar-refractivity contribution >= 4 is 18.2 Å². The zero-order chi connectivity index (χ0) is 15.0. The summed E-state index contributed by atoms with van der Waals surface area (Å²) < 4.78 is 14.6. The van der Waals surface area contributed by atoms with Gasteiger partial charge in [0.05, 0.1) is 13.7 Å². The molecule has 0 aliphatic rings. The predicted octanol–water partition coefficient (Wildman–Crippen LogP) is 1.76. The van der Waals surface area contributed by atoms with Crippen LogP contribution in [0, 0.1) is 0 Å². The first-order chi connectivity index (χ1) is 9.62. The molecule has 0 saturated carbocycles. The summed E-state index contributed by atoms with van der Waals surface area (Å²) in [6.07, 6.45) is 2.16. The molecule has 1 aromatic carbocycles. The highest BCUT2D eigenvalue weighted by Gasteiger charge is 2.20. The van der Waals surface area contributed by atoms with E-state index in [9.17, 15) is 14.4 Å². The van der Waals surface area contributed by atoms with Crippen molar-refractivity contribution in [3.63, 3.8) is 0 Å². The number of ether oxygens (including phenoxy) is 3. The van der Waals surface area contributed by atoms with Crippen LogP contribution in [0.2, 0.25) is 0 Å². The van der Waals surface area contributed by atoms with Crippen molar-refractivity contribution in [3.8, 4) is 11.5 Å². The van der Waals surface area contributed by atoms with E-state index in [0.29, 0.717) is 18.3 Å². The van der Waals surface area contributed by atoms with Crippen molar-refractivity contribution in [2.24, 2.45) is 0 Å². The summed E-state index contributed by atoms with van der Waals surface area (Å²) in [5.41, 5.74) is 0.368. The monoisotopic (exact) mass is 280 g/mol. The first kappa shape index (κ1) is 15.7. The van der Waals surface area contributed by atoms with Crippen molar-refractivity contribution < 1.29 is 28.6 Å². The van der Waals surface area contributed by atoms with Crippen molar-refractivity contribution in [1.29, 1.82) is 0 Å². The predicted molar refractivity (Wildman–Crippen MR) is 69.9 cm³/mol. The summed E-state index contributed by atoms with van der Waals surface area (Å²) >= 11 is 0. The van der Waals surface area contributed by atoms with Gasteiger partial charge in [-0.2, -0.15) is 0 Å². The molecule has 0 amide bonds. The molecule has 6 nitrogen and oxygen atoms in total. The van der Waals surface area contributed by atoms with E-state index in [-0.39, 0.29) is 18.1 Å². The molecule has 0 unspecified atom stereocenters. The highest BCUT2D eigenvalue weighted by Crippen LogP contribution is 2.27. The standard InChI is InChI=1S/C14H16O6/c1-3-4-7-19-13(16)14(17)20-11-6-5-10(9-15)8-12(11)18-2/h5-6,8-9H,3-4,7H2,1-2H3. The molecule has 108 valence electrons. The van der Waals surface area contributed by atoms with Crippen LogP contribution in [0.15, 0.2) is 18.2 Å².